The van der Waals surface area contributed by atoms with Crippen molar-refractivity contribution in [2.24, 2.45) is 0 Å². The summed E-state index contributed by atoms with van der Waals surface area (Å²) >= 11 is 0. The maximum absolute atomic E-state index is 12.5. The van der Waals surface area contributed by atoms with E-state index in [0.29, 0.717) is 5.56 Å². The zero-order valence-corrected chi connectivity index (χ0v) is 8.79. The van der Waals surface area contributed by atoms with Crippen LogP contribution in [-0.4, -0.2) is 17.1 Å². The van der Waals surface area contributed by atoms with E-state index >= 15 is 0 Å². The Hall–Kier alpha value is -1.52. The standard InChI is InChI=1S/C11H12F3NO/c1-2-10(16)15(11(12,13)14)8-9-6-4-3-5-7-9/h3-7H,2,8H2,1H3. The SMILES string of the molecule is CCC(=O)N(Cc1ccccc1)C(F)(F)F. The number of nitrogens with zero attached hydrogens (tertiary/aromatic N) is 1. The van der Waals surface area contributed by atoms with Crippen LogP contribution in [0.3, 0.4) is 0 Å². The van der Waals surface area contributed by atoms with Gasteiger partial charge < -0.3 is 0 Å². The Morgan fingerprint density at radius 3 is 2.25 bits per heavy atom. The number of benzene rings is 1. The number of halogens is 3. The summed E-state index contributed by atoms with van der Waals surface area (Å²) in [5.41, 5.74) is 0.460. The Bertz CT molecular complexity index is 348. The summed E-state index contributed by atoms with van der Waals surface area (Å²) in [5, 5.41) is 0. The van der Waals surface area contributed by atoms with Gasteiger partial charge in [0.05, 0.1) is 6.54 Å². The van der Waals surface area contributed by atoms with Crippen molar-refractivity contribution in [1.82, 2.24) is 4.90 Å². The number of carbonyl (C=O) groups excluding carboxylic acids is 1. The van der Waals surface area contributed by atoms with Gasteiger partial charge in [0.2, 0.25) is 5.91 Å². The van der Waals surface area contributed by atoms with E-state index in [1.807, 2.05) is 0 Å². The number of alkyl halides is 3. The molecule has 1 rings (SSSR count). The highest BCUT2D eigenvalue weighted by Crippen LogP contribution is 2.24. The van der Waals surface area contributed by atoms with Crippen molar-refractivity contribution in [2.45, 2.75) is 26.2 Å². The molecule has 5 heteroatoms. The zero-order chi connectivity index (χ0) is 12.2. The predicted molar refractivity (Wildman–Crippen MR) is 53.3 cm³/mol. The molecular weight excluding hydrogens is 219 g/mol. The van der Waals surface area contributed by atoms with Crippen LogP contribution in [0.4, 0.5) is 13.2 Å². The van der Waals surface area contributed by atoms with Crippen LogP contribution in [-0.2, 0) is 11.3 Å². The molecule has 0 fully saturated rings. The number of amides is 1. The van der Waals surface area contributed by atoms with E-state index in [-0.39, 0.29) is 11.3 Å². The maximum atomic E-state index is 12.5. The average molecular weight is 231 g/mol. The number of hydrogen-bond donors (Lipinski definition) is 0. The van der Waals surface area contributed by atoms with Gasteiger partial charge in [0, 0.05) is 6.42 Å². The highest BCUT2D eigenvalue weighted by molar-refractivity contribution is 5.76. The lowest BCUT2D eigenvalue weighted by atomic mass is 10.2. The summed E-state index contributed by atoms with van der Waals surface area (Å²) in [4.78, 5) is 11.1. The van der Waals surface area contributed by atoms with Crippen LogP contribution >= 0.6 is 0 Å². The fourth-order valence-corrected chi connectivity index (χ4v) is 1.28. The lowest BCUT2D eigenvalue weighted by Crippen LogP contribution is -2.41. The highest BCUT2D eigenvalue weighted by Gasteiger charge is 2.39. The predicted octanol–water partition coefficient (Wildman–Crippen LogP) is 2.95. The van der Waals surface area contributed by atoms with Gasteiger partial charge in [-0.15, -0.1) is 13.2 Å². The van der Waals surface area contributed by atoms with Crippen LogP contribution in [0.5, 0.6) is 0 Å². The first-order chi connectivity index (χ1) is 7.45. The molecule has 0 spiro atoms. The van der Waals surface area contributed by atoms with Crippen molar-refractivity contribution >= 4 is 5.91 Å². The second kappa shape index (κ2) is 5.01. The van der Waals surface area contributed by atoms with E-state index in [2.05, 4.69) is 0 Å². The third-order valence-electron chi connectivity index (χ3n) is 2.09. The summed E-state index contributed by atoms with van der Waals surface area (Å²) in [6, 6.07) is 8.10. The fourth-order valence-electron chi connectivity index (χ4n) is 1.28. The van der Waals surface area contributed by atoms with Crippen molar-refractivity contribution in [3.63, 3.8) is 0 Å². The van der Waals surface area contributed by atoms with Crippen LogP contribution in [0.1, 0.15) is 18.9 Å². The molecule has 0 aliphatic heterocycles. The topological polar surface area (TPSA) is 20.3 Å². The second-order valence-electron chi connectivity index (χ2n) is 3.29. The molecule has 2 nitrogen and oxygen atoms in total. The van der Waals surface area contributed by atoms with Gasteiger partial charge in [0.1, 0.15) is 0 Å². The summed E-state index contributed by atoms with van der Waals surface area (Å²) in [6.45, 7) is 0.975. The van der Waals surface area contributed by atoms with Crippen LogP contribution in [0.25, 0.3) is 0 Å². The number of carbonyl (C=O) groups is 1. The first kappa shape index (κ1) is 12.5. The Morgan fingerprint density at radius 2 is 1.81 bits per heavy atom. The van der Waals surface area contributed by atoms with E-state index in [4.69, 9.17) is 0 Å². The normalized spacial score (nSPS) is 11.2. The van der Waals surface area contributed by atoms with Gasteiger partial charge in [-0.2, -0.15) is 0 Å². The van der Waals surface area contributed by atoms with Crippen LogP contribution in [0.15, 0.2) is 30.3 Å². The third kappa shape index (κ3) is 3.25. The smallest absolute Gasteiger partial charge is 0.275 e. The second-order valence-corrected chi connectivity index (χ2v) is 3.29. The Kier molecular flexibility index (Phi) is 3.93. The fraction of sp³-hybridized carbons (Fsp3) is 0.364. The first-order valence-electron chi connectivity index (χ1n) is 4.86. The van der Waals surface area contributed by atoms with Gasteiger partial charge in [0.25, 0.3) is 0 Å². The van der Waals surface area contributed by atoms with E-state index in [1.54, 1.807) is 30.3 Å². The number of rotatable bonds is 3. The summed E-state index contributed by atoms with van der Waals surface area (Å²) in [7, 11) is 0. The summed E-state index contributed by atoms with van der Waals surface area (Å²) in [5.74, 6) is -0.920. The molecule has 0 aromatic heterocycles. The molecule has 88 valence electrons. The van der Waals surface area contributed by atoms with Gasteiger partial charge >= 0.3 is 6.30 Å². The molecule has 0 saturated heterocycles. The van der Waals surface area contributed by atoms with Crippen molar-refractivity contribution in [2.75, 3.05) is 0 Å². The molecule has 0 unspecified atom stereocenters. The van der Waals surface area contributed by atoms with E-state index in [0.717, 1.165) is 0 Å². The van der Waals surface area contributed by atoms with Crippen LogP contribution in [0, 0.1) is 0 Å². The Labute approximate surface area is 91.7 Å². The van der Waals surface area contributed by atoms with E-state index in [1.165, 1.54) is 6.92 Å². The Balaban J connectivity index is 2.84. The van der Waals surface area contributed by atoms with Crippen molar-refractivity contribution < 1.29 is 18.0 Å². The lowest BCUT2D eigenvalue weighted by Gasteiger charge is -2.24. The van der Waals surface area contributed by atoms with Gasteiger partial charge in [0.15, 0.2) is 0 Å². The molecule has 0 atom stereocenters. The average Bonchev–Trinajstić information content (AvgIpc) is 2.25. The summed E-state index contributed by atoms with van der Waals surface area (Å²) in [6.07, 6.45) is -4.78. The van der Waals surface area contributed by atoms with Crippen LogP contribution in [0.2, 0.25) is 0 Å². The number of hydrogen-bond acceptors (Lipinski definition) is 1. The van der Waals surface area contributed by atoms with E-state index < -0.39 is 18.8 Å². The molecule has 1 aromatic carbocycles. The summed E-state index contributed by atoms with van der Waals surface area (Å²) < 4.78 is 37.6. The minimum atomic E-state index is -4.62. The molecular formula is C11H12F3NO. The quantitative estimate of drug-likeness (QED) is 0.732. The third-order valence-corrected chi connectivity index (χ3v) is 2.09. The van der Waals surface area contributed by atoms with Gasteiger partial charge in [-0.25, -0.2) is 4.90 Å². The lowest BCUT2D eigenvalue weighted by molar-refractivity contribution is -0.243. The van der Waals surface area contributed by atoms with E-state index in [9.17, 15) is 18.0 Å². The van der Waals surface area contributed by atoms with Crippen molar-refractivity contribution in [3.8, 4) is 0 Å². The van der Waals surface area contributed by atoms with Gasteiger partial charge in [-0.05, 0) is 5.56 Å². The minimum absolute atomic E-state index is 0.0671. The first-order valence-corrected chi connectivity index (χ1v) is 4.86. The molecule has 0 aliphatic carbocycles. The molecule has 0 aliphatic rings. The zero-order valence-electron chi connectivity index (χ0n) is 8.79. The van der Waals surface area contributed by atoms with Crippen molar-refractivity contribution in [1.29, 1.82) is 0 Å². The molecule has 1 amide bonds. The molecule has 1 aromatic rings. The van der Waals surface area contributed by atoms with Gasteiger partial charge in [-0.1, -0.05) is 37.3 Å². The molecule has 0 radical (unpaired) electrons. The monoisotopic (exact) mass is 231 g/mol. The molecule has 0 bridgehead atoms. The molecule has 0 saturated carbocycles. The molecule has 0 heterocycles. The van der Waals surface area contributed by atoms with Crippen LogP contribution < -0.4 is 0 Å². The van der Waals surface area contributed by atoms with Gasteiger partial charge in [-0.3, -0.25) is 4.79 Å². The largest absolute Gasteiger partial charge is 0.487 e. The Morgan fingerprint density at radius 1 is 1.25 bits per heavy atom. The minimum Gasteiger partial charge on any atom is -0.275 e. The highest BCUT2D eigenvalue weighted by atomic mass is 19.4. The molecule has 0 N–H and O–H groups in total. The molecule has 16 heavy (non-hydrogen) atoms. The van der Waals surface area contributed by atoms with Crippen molar-refractivity contribution in [3.05, 3.63) is 35.9 Å². The maximum Gasteiger partial charge on any atom is 0.487 e.